The van der Waals surface area contributed by atoms with Gasteiger partial charge >= 0.3 is 11.9 Å². The molecule has 0 N–H and O–H groups in total. The average Bonchev–Trinajstić information content (AvgIpc) is 2.24. The summed E-state index contributed by atoms with van der Waals surface area (Å²) >= 11 is 0. The molecule has 0 aromatic heterocycles. The summed E-state index contributed by atoms with van der Waals surface area (Å²) in [5, 5.41) is 0. The van der Waals surface area contributed by atoms with Gasteiger partial charge in [-0.15, -0.1) is 0 Å². The second kappa shape index (κ2) is 3.96. The van der Waals surface area contributed by atoms with Crippen LogP contribution in [0.5, 0.6) is 0 Å². The fraction of sp³-hybridized carbons (Fsp3) is 0.333. The van der Waals surface area contributed by atoms with Crippen LogP contribution in [0.3, 0.4) is 0 Å². The molecular formula is C12H13NO3. The first-order valence-electron chi connectivity index (χ1n) is 5.16. The molecular weight excluding hydrogens is 206 g/mol. The Labute approximate surface area is 93.8 Å². The molecule has 0 atom stereocenters. The number of carbonyl (C=O) groups is 2. The number of morpholine rings is 1. The zero-order valence-corrected chi connectivity index (χ0v) is 9.32. The number of carbonyl (C=O) groups excluding carboxylic acids is 2. The van der Waals surface area contributed by atoms with E-state index in [4.69, 9.17) is 4.74 Å². The third kappa shape index (κ3) is 1.66. The molecule has 0 saturated carbocycles. The van der Waals surface area contributed by atoms with E-state index in [0.29, 0.717) is 6.54 Å². The van der Waals surface area contributed by atoms with Gasteiger partial charge in [-0.05, 0) is 25.0 Å². The number of nitrogens with zero attached hydrogens (tertiary/aromatic N) is 1. The zero-order valence-electron chi connectivity index (χ0n) is 9.32. The number of hydrogen-bond acceptors (Lipinski definition) is 3. The van der Waals surface area contributed by atoms with Crippen molar-refractivity contribution in [3.05, 3.63) is 29.3 Å². The van der Waals surface area contributed by atoms with Crippen molar-refractivity contribution in [3.8, 4) is 0 Å². The molecule has 1 aromatic rings. The van der Waals surface area contributed by atoms with Crippen molar-refractivity contribution in [2.75, 3.05) is 18.1 Å². The van der Waals surface area contributed by atoms with E-state index in [-0.39, 0.29) is 6.61 Å². The average molecular weight is 219 g/mol. The minimum absolute atomic E-state index is 0.262. The first-order valence-corrected chi connectivity index (χ1v) is 5.16. The molecule has 1 amide bonds. The SMILES string of the molecule is Cc1cccc(C)c1N1CCOC(=O)C1=O. The molecule has 4 heteroatoms. The Bertz CT molecular complexity index is 433. The van der Waals surface area contributed by atoms with E-state index in [0.717, 1.165) is 16.8 Å². The normalized spacial score (nSPS) is 16.2. The van der Waals surface area contributed by atoms with E-state index in [2.05, 4.69) is 0 Å². The summed E-state index contributed by atoms with van der Waals surface area (Å²) in [5.41, 5.74) is 2.80. The Kier molecular flexibility index (Phi) is 2.64. The highest BCUT2D eigenvalue weighted by molar-refractivity contribution is 6.38. The molecule has 0 bridgehead atoms. The van der Waals surface area contributed by atoms with Crippen molar-refractivity contribution >= 4 is 17.6 Å². The number of esters is 1. The smallest absolute Gasteiger partial charge is 0.397 e. The molecule has 1 aliphatic rings. The lowest BCUT2D eigenvalue weighted by Crippen LogP contribution is -2.45. The maximum Gasteiger partial charge on any atom is 0.397 e. The summed E-state index contributed by atoms with van der Waals surface area (Å²) in [6, 6.07) is 5.78. The Morgan fingerprint density at radius 3 is 2.44 bits per heavy atom. The molecule has 16 heavy (non-hydrogen) atoms. The summed E-state index contributed by atoms with van der Waals surface area (Å²) in [6.45, 7) is 4.54. The highest BCUT2D eigenvalue weighted by Crippen LogP contribution is 2.25. The highest BCUT2D eigenvalue weighted by Gasteiger charge is 2.30. The van der Waals surface area contributed by atoms with Gasteiger partial charge in [0.15, 0.2) is 0 Å². The van der Waals surface area contributed by atoms with Crippen molar-refractivity contribution in [2.45, 2.75) is 13.8 Å². The number of cyclic esters (lactones) is 1. The van der Waals surface area contributed by atoms with Crippen LogP contribution in [0, 0.1) is 13.8 Å². The predicted molar refractivity (Wildman–Crippen MR) is 59.2 cm³/mol. The minimum Gasteiger partial charge on any atom is -0.457 e. The van der Waals surface area contributed by atoms with Crippen molar-refractivity contribution in [3.63, 3.8) is 0 Å². The van der Waals surface area contributed by atoms with Crippen LogP contribution in [0.1, 0.15) is 11.1 Å². The molecule has 0 aliphatic carbocycles. The van der Waals surface area contributed by atoms with E-state index in [1.165, 1.54) is 4.90 Å². The van der Waals surface area contributed by atoms with Gasteiger partial charge in [0.25, 0.3) is 0 Å². The van der Waals surface area contributed by atoms with E-state index in [1.54, 1.807) is 0 Å². The van der Waals surface area contributed by atoms with Gasteiger partial charge in [-0.2, -0.15) is 0 Å². The van der Waals surface area contributed by atoms with Crippen molar-refractivity contribution in [1.82, 2.24) is 0 Å². The van der Waals surface area contributed by atoms with Crippen LogP contribution in [-0.2, 0) is 14.3 Å². The summed E-state index contributed by atoms with van der Waals surface area (Å²) in [4.78, 5) is 24.4. The quantitative estimate of drug-likeness (QED) is 0.526. The Balaban J connectivity index is 2.43. The Morgan fingerprint density at radius 2 is 1.81 bits per heavy atom. The lowest BCUT2D eigenvalue weighted by Gasteiger charge is -2.28. The van der Waals surface area contributed by atoms with E-state index >= 15 is 0 Å². The second-order valence-corrected chi connectivity index (χ2v) is 3.83. The van der Waals surface area contributed by atoms with Crippen LogP contribution in [0.15, 0.2) is 18.2 Å². The molecule has 1 aliphatic heterocycles. The fourth-order valence-corrected chi connectivity index (χ4v) is 1.95. The fourth-order valence-electron chi connectivity index (χ4n) is 1.95. The van der Waals surface area contributed by atoms with Gasteiger partial charge in [0, 0.05) is 0 Å². The summed E-state index contributed by atoms with van der Waals surface area (Å²) in [5.74, 6) is -1.35. The van der Waals surface area contributed by atoms with Crippen molar-refractivity contribution in [2.24, 2.45) is 0 Å². The largest absolute Gasteiger partial charge is 0.457 e. The van der Waals surface area contributed by atoms with Crippen LogP contribution >= 0.6 is 0 Å². The molecule has 1 fully saturated rings. The standard InChI is InChI=1S/C12H13NO3/c1-8-4-3-5-9(2)10(8)13-6-7-16-12(15)11(13)14/h3-5H,6-7H2,1-2H3. The van der Waals surface area contributed by atoms with Gasteiger partial charge < -0.3 is 4.74 Å². The number of aryl methyl sites for hydroxylation is 2. The monoisotopic (exact) mass is 219 g/mol. The lowest BCUT2D eigenvalue weighted by atomic mass is 10.1. The summed E-state index contributed by atoms with van der Waals surface area (Å²) in [7, 11) is 0. The third-order valence-electron chi connectivity index (χ3n) is 2.68. The molecule has 1 heterocycles. The first kappa shape index (κ1) is 10.7. The van der Waals surface area contributed by atoms with Crippen LogP contribution in [0.4, 0.5) is 5.69 Å². The Hall–Kier alpha value is -1.84. The lowest BCUT2D eigenvalue weighted by molar-refractivity contribution is -0.156. The molecule has 1 saturated heterocycles. The number of amides is 1. The number of hydrogen-bond donors (Lipinski definition) is 0. The molecule has 84 valence electrons. The van der Waals surface area contributed by atoms with Gasteiger partial charge in [0.2, 0.25) is 0 Å². The van der Waals surface area contributed by atoms with Crippen LogP contribution < -0.4 is 4.90 Å². The van der Waals surface area contributed by atoms with Gasteiger partial charge in [-0.1, -0.05) is 18.2 Å². The number of para-hydroxylation sites is 1. The molecule has 4 nitrogen and oxygen atoms in total. The summed E-state index contributed by atoms with van der Waals surface area (Å²) < 4.78 is 4.69. The Morgan fingerprint density at radius 1 is 1.19 bits per heavy atom. The van der Waals surface area contributed by atoms with E-state index in [9.17, 15) is 9.59 Å². The minimum atomic E-state index is -0.770. The topological polar surface area (TPSA) is 46.6 Å². The van der Waals surface area contributed by atoms with Gasteiger partial charge in [0.05, 0.1) is 12.2 Å². The van der Waals surface area contributed by atoms with Gasteiger partial charge in [-0.3, -0.25) is 9.69 Å². The number of rotatable bonds is 1. The molecule has 1 aromatic carbocycles. The molecule has 0 unspecified atom stereocenters. The maximum atomic E-state index is 11.7. The van der Waals surface area contributed by atoms with Gasteiger partial charge in [0.1, 0.15) is 6.61 Å². The van der Waals surface area contributed by atoms with Crippen LogP contribution in [0.25, 0.3) is 0 Å². The van der Waals surface area contributed by atoms with Crippen molar-refractivity contribution in [1.29, 1.82) is 0 Å². The number of anilines is 1. The third-order valence-corrected chi connectivity index (χ3v) is 2.68. The maximum absolute atomic E-state index is 11.7. The van der Waals surface area contributed by atoms with E-state index in [1.807, 2.05) is 32.0 Å². The number of ether oxygens (including phenoxy) is 1. The molecule has 0 radical (unpaired) electrons. The number of benzene rings is 1. The van der Waals surface area contributed by atoms with Crippen LogP contribution in [0.2, 0.25) is 0 Å². The zero-order chi connectivity index (χ0) is 11.7. The van der Waals surface area contributed by atoms with Gasteiger partial charge in [-0.25, -0.2) is 4.79 Å². The first-order chi connectivity index (χ1) is 7.61. The summed E-state index contributed by atoms with van der Waals surface area (Å²) in [6.07, 6.45) is 0. The van der Waals surface area contributed by atoms with Crippen LogP contribution in [-0.4, -0.2) is 25.0 Å². The molecule has 2 rings (SSSR count). The van der Waals surface area contributed by atoms with E-state index < -0.39 is 11.9 Å². The second-order valence-electron chi connectivity index (χ2n) is 3.83. The predicted octanol–water partition coefficient (Wildman–Crippen LogP) is 1.19. The molecule has 0 spiro atoms. The highest BCUT2D eigenvalue weighted by atomic mass is 16.5. The van der Waals surface area contributed by atoms with Crippen molar-refractivity contribution < 1.29 is 14.3 Å².